The molecule has 0 aliphatic rings. The summed E-state index contributed by atoms with van der Waals surface area (Å²) in [6.45, 7) is 6.17. The largest absolute Gasteiger partial charge is 0.351 e. The topological polar surface area (TPSA) is 113 Å². The van der Waals surface area contributed by atoms with Crippen LogP contribution in [0.15, 0.2) is 77.3 Å². The molecule has 0 saturated carbocycles. The third kappa shape index (κ3) is 10.5. The van der Waals surface area contributed by atoms with Crippen molar-refractivity contribution in [1.29, 1.82) is 0 Å². The first-order valence-electron chi connectivity index (χ1n) is 12.6. The van der Waals surface area contributed by atoms with E-state index in [4.69, 9.17) is 16.2 Å². The summed E-state index contributed by atoms with van der Waals surface area (Å²) in [7, 11) is -4.16. The number of amides is 2. The summed E-state index contributed by atoms with van der Waals surface area (Å²) in [5.41, 5.74) is 3.64. The van der Waals surface area contributed by atoms with E-state index in [-0.39, 0.29) is 17.9 Å². The number of hydrogen-bond acceptors (Lipinski definition) is 4. The Hall–Kier alpha value is -2.98. The van der Waals surface area contributed by atoms with Gasteiger partial charge in [0.25, 0.3) is 16.0 Å². The predicted octanol–water partition coefficient (Wildman–Crippen LogP) is 6.74. The van der Waals surface area contributed by atoms with Crippen LogP contribution in [0.4, 0.5) is 5.69 Å². The highest BCUT2D eigenvalue weighted by Crippen LogP contribution is 2.27. The van der Waals surface area contributed by atoms with Crippen molar-refractivity contribution in [2.75, 3.05) is 17.6 Å². The number of halogens is 2. The van der Waals surface area contributed by atoms with Gasteiger partial charge in [-0.25, -0.2) is 0 Å². The molecule has 40 heavy (non-hydrogen) atoms. The maximum Gasteiger partial charge on any atom is 0.266 e. The Kier molecular flexibility index (Phi) is 10.7. The Morgan fingerprint density at radius 1 is 1.02 bits per heavy atom. The summed E-state index contributed by atoms with van der Waals surface area (Å²) in [5, 5.41) is 5.91. The van der Waals surface area contributed by atoms with Gasteiger partial charge in [-0.2, -0.15) is 8.42 Å². The fourth-order valence-corrected chi connectivity index (χ4v) is 5.05. The van der Waals surface area contributed by atoms with E-state index < -0.39 is 27.7 Å². The Balaban J connectivity index is 1.82. The van der Waals surface area contributed by atoms with Gasteiger partial charge in [0.2, 0.25) is 5.91 Å². The van der Waals surface area contributed by atoms with Gasteiger partial charge in [-0.05, 0) is 58.9 Å². The third-order valence-corrected chi connectivity index (χ3v) is 7.26. The molecule has 0 radical (unpaired) electrons. The van der Waals surface area contributed by atoms with E-state index in [9.17, 15) is 18.0 Å². The highest BCUT2D eigenvalue weighted by atomic mass is 79.9. The van der Waals surface area contributed by atoms with Gasteiger partial charge in [-0.3, -0.25) is 14.1 Å². The van der Waals surface area contributed by atoms with E-state index in [2.05, 4.69) is 59.5 Å². The molecule has 10 heteroatoms. The van der Waals surface area contributed by atoms with Crippen molar-refractivity contribution in [3.05, 3.63) is 105 Å². The van der Waals surface area contributed by atoms with Crippen LogP contribution in [0.1, 0.15) is 53.7 Å². The maximum atomic E-state index is 13.5. The fourth-order valence-electron chi connectivity index (χ4n) is 3.83. The minimum Gasteiger partial charge on any atom is -0.351 e. The second-order valence-electron chi connectivity index (χ2n) is 10.5. The second kappa shape index (κ2) is 13.6. The molecule has 0 fully saturated rings. The van der Waals surface area contributed by atoms with Crippen LogP contribution in [0, 0.1) is 5.41 Å². The van der Waals surface area contributed by atoms with Crippen molar-refractivity contribution < 1.29 is 22.6 Å². The number of carbonyl (C=O) groups is 2. The van der Waals surface area contributed by atoms with Gasteiger partial charge in [-0.1, -0.05) is 96.9 Å². The normalized spacial score (nSPS) is 12.8. The van der Waals surface area contributed by atoms with E-state index in [1.54, 1.807) is 42.5 Å². The van der Waals surface area contributed by atoms with Crippen molar-refractivity contribution in [1.82, 2.24) is 5.32 Å². The number of rotatable bonds is 10. The lowest BCUT2D eigenvalue weighted by atomic mass is 9.89. The third-order valence-electron chi connectivity index (χ3n) is 5.86. The van der Waals surface area contributed by atoms with Crippen molar-refractivity contribution in [3.63, 3.8) is 0 Å². The summed E-state index contributed by atoms with van der Waals surface area (Å²) in [6.07, 6.45) is 4.56. The molecule has 3 aromatic carbocycles. The summed E-state index contributed by atoms with van der Waals surface area (Å²) in [6, 6.07) is 19.8. The molecule has 0 aliphatic heterocycles. The summed E-state index contributed by atoms with van der Waals surface area (Å²) in [5.74, 6) is -1.77. The smallest absolute Gasteiger partial charge is 0.266 e. The average Bonchev–Trinajstić information content (AvgIpc) is 2.85. The SMILES string of the molecule is CC(C)(C)/C=C/c1ccc(C(Cc2ccc(C(=O)NCCS(=O)(=O)O)cc2)C(=O)Nc2cc(Cl)cc(Br)c2)cc1. The van der Waals surface area contributed by atoms with Crippen LogP contribution in [0.2, 0.25) is 5.02 Å². The van der Waals surface area contributed by atoms with Crippen LogP contribution in [0.3, 0.4) is 0 Å². The molecule has 0 aromatic heterocycles. The fraction of sp³-hybridized carbons (Fsp3) is 0.267. The van der Waals surface area contributed by atoms with E-state index in [1.165, 1.54) is 0 Å². The number of nitrogens with one attached hydrogen (secondary N) is 2. The molecule has 3 rings (SSSR count). The molecule has 3 N–H and O–H groups in total. The summed E-state index contributed by atoms with van der Waals surface area (Å²) >= 11 is 9.57. The first-order chi connectivity index (χ1) is 18.7. The lowest BCUT2D eigenvalue weighted by Gasteiger charge is -2.19. The lowest BCUT2D eigenvalue weighted by Crippen LogP contribution is -2.28. The van der Waals surface area contributed by atoms with Crippen LogP contribution >= 0.6 is 27.5 Å². The van der Waals surface area contributed by atoms with Crippen molar-refractivity contribution in [3.8, 4) is 0 Å². The van der Waals surface area contributed by atoms with E-state index in [0.29, 0.717) is 22.7 Å². The lowest BCUT2D eigenvalue weighted by molar-refractivity contribution is -0.117. The van der Waals surface area contributed by atoms with Gasteiger partial charge in [0.1, 0.15) is 0 Å². The van der Waals surface area contributed by atoms with Crippen LogP contribution in [0.25, 0.3) is 6.08 Å². The number of anilines is 1. The Morgan fingerprint density at radius 2 is 1.68 bits per heavy atom. The zero-order valence-electron chi connectivity index (χ0n) is 22.4. The van der Waals surface area contributed by atoms with Crippen LogP contribution in [0.5, 0.6) is 0 Å². The highest BCUT2D eigenvalue weighted by molar-refractivity contribution is 9.10. The van der Waals surface area contributed by atoms with Gasteiger partial charge < -0.3 is 10.6 Å². The molecule has 0 bridgehead atoms. The molecule has 0 spiro atoms. The second-order valence-corrected chi connectivity index (χ2v) is 13.4. The number of allylic oxidation sites excluding steroid dienone is 1. The summed E-state index contributed by atoms with van der Waals surface area (Å²) in [4.78, 5) is 25.9. The van der Waals surface area contributed by atoms with Gasteiger partial charge in [0, 0.05) is 27.3 Å². The molecule has 1 atom stereocenters. The maximum absolute atomic E-state index is 13.5. The molecule has 0 heterocycles. The summed E-state index contributed by atoms with van der Waals surface area (Å²) < 4.78 is 31.3. The Morgan fingerprint density at radius 3 is 2.25 bits per heavy atom. The zero-order valence-corrected chi connectivity index (χ0v) is 25.6. The molecule has 0 aliphatic carbocycles. The van der Waals surface area contributed by atoms with Gasteiger partial charge in [0.15, 0.2) is 0 Å². The number of benzene rings is 3. The minimum absolute atomic E-state index is 0.0475. The van der Waals surface area contributed by atoms with Crippen molar-refractivity contribution in [2.45, 2.75) is 33.1 Å². The zero-order chi connectivity index (χ0) is 29.5. The molecule has 7 nitrogen and oxygen atoms in total. The quantitative estimate of drug-likeness (QED) is 0.211. The highest BCUT2D eigenvalue weighted by Gasteiger charge is 2.22. The van der Waals surface area contributed by atoms with E-state index in [1.807, 2.05) is 24.3 Å². The predicted molar refractivity (Wildman–Crippen MR) is 164 cm³/mol. The van der Waals surface area contributed by atoms with Gasteiger partial charge in [0.05, 0.1) is 11.7 Å². The first-order valence-corrected chi connectivity index (χ1v) is 15.3. The molecular formula is C30H32BrClN2O5S. The van der Waals surface area contributed by atoms with Crippen LogP contribution in [-0.4, -0.2) is 37.1 Å². The molecule has 2 amide bonds. The van der Waals surface area contributed by atoms with Crippen LogP contribution in [-0.2, 0) is 21.3 Å². The molecular weight excluding hydrogens is 616 g/mol. The number of hydrogen-bond donors (Lipinski definition) is 3. The van der Waals surface area contributed by atoms with Gasteiger partial charge in [-0.15, -0.1) is 0 Å². The first kappa shape index (κ1) is 31.5. The average molecular weight is 648 g/mol. The van der Waals surface area contributed by atoms with Crippen molar-refractivity contribution in [2.24, 2.45) is 5.41 Å². The Bertz CT molecular complexity index is 1460. The Labute approximate surface area is 248 Å². The van der Waals surface area contributed by atoms with Gasteiger partial charge >= 0.3 is 0 Å². The van der Waals surface area contributed by atoms with E-state index >= 15 is 0 Å². The molecule has 212 valence electrons. The number of carbonyl (C=O) groups excluding carboxylic acids is 2. The molecule has 3 aromatic rings. The molecule has 1 unspecified atom stereocenters. The molecule has 0 saturated heterocycles. The van der Waals surface area contributed by atoms with E-state index in [0.717, 1.165) is 21.2 Å². The van der Waals surface area contributed by atoms with Crippen LogP contribution < -0.4 is 10.6 Å². The minimum atomic E-state index is -4.16. The standard InChI is InChI=1S/C30H32BrClN2O5S/c1-30(2,3)13-12-20-4-8-22(9-5-20)27(29(36)34-26-18-24(31)17-25(32)19-26)16-21-6-10-23(11-7-21)28(35)33-14-15-40(37,38)39/h4-13,17-19,27H,14-16H2,1-3H3,(H,33,35)(H,34,36)(H,37,38,39)/b13-12+. The van der Waals surface area contributed by atoms with Crippen molar-refractivity contribution >= 4 is 61.2 Å². The monoisotopic (exact) mass is 646 g/mol.